The number of nitrogens with one attached hydrogen (secondary N) is 1. The number of aromatic nitrogens is 1. The zero-order chi connectivity index (χ0) is 12.4. The Balaban J connectivity index is 2.94. The lowest BCUT2D eigenvalue weighted by Crippen LogP contribution is -2.09. The third-order valence-corrected chi connectivity index (χ3v) is 3.08. The van der Waals surface area contributed by atoms with E-state index in [1.807, 2.05) is 12.1 Å². The lowest BCUT2D eigenvalue weighted by Gasteiger charge is -2.11. The summed E-state index contributed by atoms with van der Waals surface area (Å²) in [7, 11) is 1.57. The minimum Gasteiger partial charge on any atom is -0.494 e. The minimum atomic E-state index is 0.383. The first kappa shape index (κ1) is 11.6. The highest BCUT2D eigenvalue weighted by Gasteiger charge is 2.13. The molecular weight excluding hydrogens is 284 g/mol. The van der Waals surface area contributed by atoms with E-state index in [1.54, 1.807) is 13.2 Å². The predicted octanol–water partition coefficient (Wildman–Crippen LogP) is 2.16. The quantitative estimate of drug-likeness (QED) is 0.655. The number of ether oxygens (including phenoxy) is 1. The van der Waals surface area contributed by atoms with E-state index >= 15 is 0 Å². The van der Waals surface area contributed by atoms with Crippen molar-refractivity contribution in [2.24, 2.45) is 5.84 Å². The zero-order valence-electron chi connectivity index (χ0n) is 8.99. The van der Waals surface area contributed by atoms with Gasteiger partial charge in [-0.2, -0.15) is 5.26 Å². The number of halogens is 1. The third-order valence-electron chi connectivity index (χ3n) is 2.42. The number of benzene rings is 1. The van der Waals surface area contributed by atoms with E-state index in [-0.39, 0.29) is 0 Å². The molecule has 86 valence electrons. The Bertz CT molecular complexity index is 621. The Hall–Kier alpha value is -1.84. The standard InChI is InChI=1S/C11H9BrN4O/c1-17-8-3-2-7(12)9-10(16-14)6(4-13)5-15-11(8)9/h2-3,5H,14H2,1H3,(H,15,16). The van der Waals surface area contributed by atoms with Gasteiger partial charge < -0.3 is 10.2 Å². The van der Waals surface area contributed by atoms with E-state index < -0.39 is 0 Å². The fourth-order valence-corrected chi connectivity index (χ4v) is 2.16. The predicted molar refractivity (Wildman–Crippen MR) is 68.5 cm³/mol. The van der Waals surface area contributed by atoms with Gasteiger partial charge in [-0.05, 0) is 12.1 Å². The molecule has 0 atom stereocenters. The van der Waals surface area contributed by atoms with Crippen LogP contribution in [-0.4, -0.2) is 12.1 Å². The molecule has 0 amide bonds. The number of hydrazine groups is 1. The number of nitrogens with two attached hydrogens (primary N) is 1. The number of anilines is 1. The van der Waals surface area contributed by atoms with Crippen LogP contribution in [0.2, 0.25) is 0 Å². The number of nitrogens with zero attached hydrogens (tertiary/aromatic N) is 2. The largest absolute Gasteiger partial charge is 0.494 e. The van der Waals surface area contributed by atoms with Gasteiger partial charge in [0.15, 0.2) is 0 Å². The number of nitrogen functional groups attached to an aromatic ring is 1. The third kappa shape index (κ3) is 1.79. The van der Waals surface area contributed by atoms with E-state index in [0.29, 0.717) is 22.5 Å². The topological polar surface area (TPSA) is 84.0 Å². The van der Waals surface area contributed by atoms with Crippen LogP contribution in [0.5, 0.6) is 5.75 Å². The molecule has 0 unspecified atom stereocenters. The van der Waals surface area contributed by atoms with E-state index in [9.17, 15) is 0 Å². The second-order valence-corrected chi connectivity index (χ2v) is 4.13. The first-order valence-corrected chi connectivity index (χ1v) is 5.54. The number of hydrogen-bond acceptors (Lipinski definition) is 5. The molecule has 0 saturated carbocycles. The van der Waals surface area contributed by atoms with Gasteiger partial charge in [0.2, 0.25) is 0 Å². The molecule has 2 aromatic rings. The summed E-state index contributed by atoms with van der Waals surface area (Å²) in [5.41, 5.74) is 4.09. The Morgan fingerprint density at radius 3 is 2.88 bits per heavy atom. The average Bonchev–Trinajstić information content (AvgIpc) is 2.37. The Morgan fingerprint density at radius 2 is 2.29 bits per heavy atom. The van der Waals surface area contributed by atoms with Crippen LogP contribution in [-0.2, 0) is 0 Å². The summed E-state index contributed by atoms with van der Waals surface area (Å²) in [4.78, 5) is 4.22. The molecule has 0 fully saturated rings. The molecule has 5 nitrogen and oxygen atoms in total. The molecule has 17 heavy (non-hydrogen) atoms. The summed E-state index contributed by atoms with van der Waals surface area (Å²) >= 11 is 3.41. The number of fused-ring (bicyclic) bond motifs is 1. The van der Waals surface area contributed by atoms with Crippen LogP contribution in [0.4, 0.5) is 5.69 Å². The van der Waals surface area contributed by atoms with Crippen LogP contribution in [0.1, 0.15) is 5.56 Å². The lowest BCUT2D eigenvalue weighted by molar-refractivity contribution is 0.419. The monoisotopic (exact) mass is 292 g/mol. The molecule has 0 saturated heterocycles. The van der Waals surface area contributed by atoms with Gasteiger partial charge in [-0.15, -0.1) is 0 Å². The Labute approximate surface area is 106 Å². The SMILES string of the molecule is COc1ccc(Br)c2c(NN)c(C#N)cnc12. The minimum absolute atomic E-state index is 0.383. The molecule has 0 aliphatic heterocycles. The molecular formula is C11H9BrN4O. The number of methoxy groups -OCH3 is 1. The second-order valence-electron chi connectivity index (χ2n) is 3.28. The van der Waals surface area contributed by atoms with Crippen molar-refractivity contribution in [1.82, 2.24) is 4.98 Å². The fourth-order valence-electron chi connectivity index (χ4n) is 1.64. The van der Waals surface area contributed by atoms with Crippen LogP contribution in [0.25, 0.3) is 10.9 Å². The Kier molecular flexibility index (Phi) is 3.13. The van der Waals surface area contributed by atoms with Gasteiger partial charge in [0.25, 0.3) is 0 Å². The van der Waals surface area contributed by atoms with Gasteiger partial charge in [0.1, 0.15) is 17.3 Å². The molecule has 6 heteroatoms. The molecule has 1 heterocycles. The van der Waals surface area contributed by atoms with E-state index in [0.717, 1.165) is 9.86 Å². The van der Waals surface area contributed by atoms with Crippen LogP contribution in [0.15, 0.2) is 22.8 Å². The molecule has 1 aromatic carbocycles. The zero-order valence-corrected chi connectivity index (χ0v) is 10.6. The molecule has 2 rings (SSSR count). The molecule has 0 aliphatic carbocycles. The van der Waals surface area contributed by atoms with Crippen molar-refractivity contribution in [3.8, 4) is 11.8 Å². The van der Waals surface area contributed by atoms with Crippen molar-refractivity contribution in [3.63, 3.8) is 0 Å². The maximum absolute atomic E-state index is 8.99. The van der Waals surface area contributed by atoms with Gasteiger partial charge in [-0.1, -0.05) is 15.9 Å². The van der Waals surface area contributed by atoms with Crippen molar-refractivity contribution < 1.29 is 4.74 Å². The average molecular weight is 293 g/mol. The van der Waals surface area contributed by atoms with Gasteiger partial charge in [0.05, 0.1) is 18.4 Å². The Morgan fingerprint density at radius 1 is 1.53 bits per heavy atom. The molecule has 0 aliphatic rings. The van der Waals surface area contributed by atoms with Crippen molar-refractivity contribution in [1.29, 1.82) is 5.26 Å². The summed E-state index contributed by atoms with van der Waals surface area (Å²) in [5, 5.41) is 9.72. The van der Waals surface area contributed by atoms with Crippen molar-refractivity contribution >= 4 is 32.5 Å². The maximum atomic E-state index is 8.99. The van der Waals surface area contributed by atoms with Gasteiger partial charge in [0, 0.05) is 16.1 Å². The first-order chi connectivity index (χ1) is 8.22. The summed E-state index contributed by atoms with van der Waals surface area (Å²) in [6, 6.07) is 5.66. The first-order valence-electron chi connectivity index (χ1n) is 4.74. The van der Waals surface area contributed by atoms with Crippen LogP contribution < -0.4 is 16.0 Å². The van der Waals surface area contributed by atoms with Crippen LogP contribution in [0.3, 0.4) is 0 Å². The van der Waals surface area contributed by atoms with Crippen LogP contribution in [0, 0.1) is 11.3 Å². The highest BCUT2D eigenvalue weighted by Crippen LogP contribution is 2.36. The van der Waals surface area contributed by atoms with Crippen molar-refractivity contribution in [3.05, 3.63) is 28.4 Å². The maximum Gasteiger partial charge on any atom is 0.145 e. The second kappa shape index (κ2) is 4.57. The molecule has 1 aromatic heterocycles. The summed E-state index contributed by atoms with van der Waals surface area (Å²) in [6.45, 7) is 0. The van der Waals surface area contributed by atoms with Gasteiger partial charge >= 0.3 is 0 Å². The summed E-state index contributed by atoms with van der Waals surface area (Å²) in [5.74, 6) is 6.09. The number of hydrogen-bond donors (Lipinski definition) is 2. The summed E-state index contributed by atoms with van der Waals surface area (Å²) in [6.07, 6.45) is 1.46. The van der Waals surface area contributed by atoms with E-state index in [1.165, 1.54) is 6.20 Å². The number of rotatable bonds is 2. The van der Waals surface area contributed by atoms with Crippen LogP contribution >= 0.6 is 15.9 Å². The lowest BCUT2D eigenvalue weighted by atomic mass is 10.1. The molecule has 3 N–H and O–H groups in total. The van der Waals surface area contributed by atoms with E-state index in [4.69, 9.17) is 15.8 Å². The number of nitriles is 1. The number of pyridine rings is 1. The molecule has 0 spiro atoms. The van der Waals surface area contributed by atoms with Gasteiger partial charge in [-0.3, -0.25) is 10.8 Å². The molecule has 0 bridgehead atoms. The highest BCUT2D eigenvalue weighted by atomic mass is 79.9. The normalized spacial score (nSPS) is 10.0. The van der Waals surface area contributed by atoms with Gasteiger partial charge in [-0.25, -0.2) is 0 Å². The molecule has 0 radical (unpaired) electrons. The fraction of sp³-hybridized carbons (Fsp3) is 0.0909. The van der Waals surface area contributed by atoms with Crippen molar-refractivity contribution in [2.45, 2.75) is 0 Å². The van der Waals surface area contributed by atoms with E-state index in [2.05, 4.69) is 26.3 Å². The van der Waals surface area contributed by atoms with Crippen molar-refractivity contribution in [2.75, 3.05) is 12.5 Å². The highest BCUT2D eigenvalue weighted by molar-refractivity contribution is 9.10. The smallest absolute Gasteiger partial charge is 0.145 e. The summed E-state index contributed by atoms with van der Waals surface area (Å²) < 4.78 is 6.02.